The molecule has 0 bridgehead atoms. The highest BCUT2D eigenvalue weighted by molar-refractivity contribution is 9.10. The van der Waals surface area contributed by atoms with E-state index >= 15 is 0 Å². The summed E-state index contributed by atoms with van der Waals surface area (Å²) in [6.07, 6.45) is 1.23. The van der Waals surface area contributed by atoms with Crippen molar-refractivity contribution in [3.05, 3.63) is 56.3 Å². The van der Waals surface area contributed by atoms with E-state index in [1.54, 1.807) is 6.07 Å². The third kappa shape index (κ3) is 3.14. The van der Waals surface area contributed by atoms with Crippen molar-refractivity contribution < 1.29 is 23.7 Å². The van der Waals surface area contributed by atoms with Crippen molar-refractivity contribution in [2.24, 2.45) is 0 Å². The number of likely N-dealkylation sites (N-methyl/N-ethyl adjacent to an activating group) is 1. The summed E-state index contributed by atoms with van der Waals surface area (Å²) >= 11 is 3.25. The molecule has 1 aromatic heterocycles. The monoisotopic (exact) mass is 419 g/mol. The standard InChI is InChI=1S/C16H10BrN3O6/c1-19-15(22)11(14(21)18-16(19)23)7-9-3-5-13(26-9)10-4-2-8(20(24)25)6-12(10)17/h2-7H,1H3,(H,18,21,23)/b11-7-. The zero-order valence-corrected chi connectivity index (χ0v) is 14.8. The van der Waals surface area contributed by atoms with E-state index in [0.717, 1.165) is 4.90 Å². The second-order valence-corrected chi connectivity index (χ2v) is 6.16. The van der Waals surface area contributed by atoms with Gasteiger partial charge in [-0.3, -0.25) is 29.9 Å². The zero-order chi connectivity index (χ0) is 19.0. The van der Waals surface area contributed by atoms with E-state index in [4.69, 9.17) is 4.42 Å². The van der Waals surface area contributed by atoms with Crippen molar-refractivity contribution in [1.82, 2.24) is 10.2 Å². The van der Waals surface area contributed by atoms with Gasteiger partial charge in [0.2, 0.25) is 0 Å². The Morgan fingerprint density at radius 1 is 1.23 bits per heavy atom. The van der Waals surface area contributed by atoms with Crippen molar-refractivity contribution in [3.63, 3.8) is 0 Å². The molecule has 1 saturated heterocycles. The van der Waals surface area contributed by atoms with E-state index in [1.807, 2.05) is 5.32 Å². The number of nitro groups is 1. The molecule has 2 aromatic rings. The van der Waals surface area contributed by atoms with Gasteiger partial charge in [-0.25, -0.2) is 4.79 Å². The number of carbonyl (C=O) groups excluding carboxylic acids is 3. The molecule has 26 heavy (non-hydrogen) atoms. The SMILES string of the molecule is CN1C(=O)NC(=O)/C(=C/c2ccc(-c3ccc([N+](=O)[O-])cc3Br)o2)C1=O. The van der Waals surface area contributed by atoms with Crippen molar-refractivity contribution in [2.45, 2.75) is 0 Å². The number of non-ortho nitro benzene ring substituents is 1. The number of nitrogens with zero attached hydrogens (tertiary/aromatic N) is 2. The van der Waals surface area contributed by atoms with E-state index in [1.165, 1.54) is 37.4 Å². The summed E-state index contributed by atoms with van der Waals surface area (Å²) < 4.78 is 6.06. The highest BCUT2D eigenvalue weighted by Crippen LogP contribution is 2.33. The number of imide groups is 2. The number of rotatable bonds is 3. The predicted molar refractivity (Wildman–Crippen MR) is 92.8 cm³/mol. The molecule has 0 unspecified atom stereocenters. The summed E-state index contributed by atoms with van der Waals surface area (Å²) in [5, 5.41) is 12.8. The molecule has 0 saturated carbocycles. The lowest BCUT2D eigenvalue weighted by Gasteiger charge is -2.21. The van der Waals surface area contributed by atoms with Gasteiger partial charge < -0.3 is 4.42 Å². The number of furan rings is 1. The maximum Gasteiger partial charge on any atom is 0.331 e. The summed E-state index contributed by atoms with van der Waals surface area (Å²) in [6, 6.07) is 6.52. The Morgan fingerprint density at radius 3 is 2.62 bits per heavy atom. The Labute approximate surface area is 154 Å². The summed E-state index contributed by atoms with van der Waals surface area (Å²) in [4.78, 5) is 46.3. The van der Waals surface area contributed by atoms with Crippen LogP contribution in [0.2, 0.25) is 0 Å². The van der Waals surface area contributed by atoms with E-state index in [2.05, 4.69) is 15.9 Å². The molecule has 2 heterocycles. The van der Waals surface area contributed by atoms with Crippen LogP contribution in [-0.4, -0.2) is 34.7 Å². The van der Waals surface area contributed by atoms with Crippen LogP contribution < -0.4 is 5.32 Å². The molecule has 132 valence electrons. The minimum absolute atomic E-state index is 0.0771. The lowest BCUT2D eigenvalue weighted by molar-refractivity contribution is -0.384. The van der Waals surface area contributed by atoms with Crippen LogP contribution in [0.3, 0.4) is 0 Å². The lowest BCUT2D eigenvalue weighted by atomic mass is 10.1. The van der Waals surface area contributed by atoms with Gasteiger partial charge in [-0.2, -0.15) is 0 Å². The average Bonchev–Trinajstić information content (AvgIpc) is 3.05. The first-order chi connectivity index (χ1) is 12.3. The molecule has 1 aromatic carbocycles. The Balaban J connectivity index is 1.93. The number of nitrogens with one attached hydrogen (secondary N) is 1. The molecule has 0 spiro atoms. The normalized spacial score (nSPS) is 16.2. The number of nitro benzene ring substituents is 1. The van der Waals surface area contributed by atoms with Gasteiger partial charge in [-0.05, 0) is 40.2 Å². The Bertz CT molecular complexity index is 994. The van der Waals surface area contributed by atoms with Crippen molar-refractivity contribution >= 4 is 45.5 Å². The molecule has 3 rings (SSSR count). The molecule has 1 aliphatic rings. The molecular weight excluding hydrogens is 410 g/mol. The Hall–Kier alpha value is -3.27. The van der Waals surface area contributed by atoms with Crippen LogP contribution in [0.5, 0.6) is 0 Å². The largest absolute Gasteiger partial charge is 0.457 e. The van der Waals surface area contributed by atoms with Gasteiger partial charge >= 0.3 is 6.03 Å². The fourth-order valence-corrected chi connectivity index (χ4v) is 2.84. The molecule has 0 radical (unpaired) electrons. The zero-order valence-electron chi connectivity index (χ0n) is 13.2. The minimum atomic E-state index is -0.812. The molecular formula is C16H10BrN3O6. The van der Waals surface area contributed by atoms with Crippen LogP contribution in [0.4, 0.5) is 10.5 Å². The van der Waals surface area contributed by atoms with Gasteiger partial charge in [-0.15, -0.1) is 0 Å². The van der Waals surface area contributed by atoms with E-state index in [0.29, 0.717) is 15.8 Å². The second kappa shape index (κ2) is 6.56. The predicted octanol–water partition coefficient (Wildman–Crippen LogP) is 2.71. The first kappa shape index (κ1) is 17.5. The number of amides is 4. The molecule has 1 fully saturated rings. The molecule has 9 nitrogen and oxygen atoms in total. The molecule has 0 aliphatic carbocycles. The number of carbonyl (C=O) groups is 3. The van der Waals surface area contributed by atoms with Gasteiger partial charge in [0.15, 0.2) is 0 Å². The van der Waals surface area contributed by atoms with Crippen LogP contribution >= 0.6 is 15.9 Å². The number of benzene rings is 1. The molecule has 4 amide bonds. The number of urea groups is 1. The van der Waals surface area contributed by atoms with Crippen molar-refractivity contribution in [1.29, 1.82) is 0 Å². The average molecular weight is 420 g/mol. The fourth-order valence-electron chi connectivity index (χ4n) is 2.28. The van der Waals surface area contributed by atoms with Gasteiger partial charge in [0.05, 0.1) is 4.92 Å². The minimum Gasteiger partial charge on any atom is -0.457 e. The summed E-state index contributed by atoms with van der Waals surface area (Å²) in [6.45, 7) is 0. The Kier molecular flexibility index (Phi) is 4.43. The van der Waals surface area contributed by atoms with E-state index in [9.17, 15) is 24.5 Å². The number of hydrogen-bond donors (Lipinski definition) is 1. The van der Waals surface area contributed by atoms with Crippen LogP contribution in [-0.2, 0) is 9.59 Å². The van der Waals surface area contributed by atoms with Gasteiger partial charge in [0.25, 0.3) is 17.5 Å². The van der Waals surface area contributed by atoms with Crippen LogP contribution in [0.1, 0.15) is 5.76 Å². The third-order valence-electron chi connectivity index (χ3n) is 3.65. The van der Waals surface area contributed by atoms with Gasteiger partial charge in [0.1, 0.15) is 17.1 Å². The first-order valence-electron chi connectivity index (χ1n) is 7.17. The molecule has 1 N–H and O–H groups in total. The summed E-state index contributed by atoms with van der Waals surface area (Å²) in [5.74, 6) is -0.959. The van der Waals surface area contributed by atoms with Crippen LogP contribution in [0, 0.1) is 10.1 Å². The van der Waals surface area contributed by atoms with Crippen LogP contribution in [0.25, 0.3) is 17.4 Å². The highest BCUT2D eigenvalue weighted by Gasteiger charge is 2.33. The quantitative estimate of drug-likeness (QED) is 0.353. The van der Waals surface area contributed by atoms with Crippen molar-refractivity contribution in [3.8, 4) is 11.3 Å². The molecule has 10 heteroatoms. The third-order valence-corrected chi connectivity index (χ3v) is 4.30. The second-order valence-electron chi connectivity index (χ2n) is 5.30. The topological polar surface area (TPSA) is 123 Å². The molecule has 0 atom stereocenters. The maximum atomic E-state index is 12.0. The fraction of sp³-hybridized carbons (Fsp3) is 0.0625. The highest BCUT2D eigenvalue weighted by atomic mass is 79.9. The van der Waals surface area contributed by atoms with Gasteiger partial charge in [-0.1, -0.05) is 0 Å². The first-order valence-corrected chi connectivity index (χ1v) is 7.96. The molecule has 1 aliphatic heterocycles. The van der Waals surface area contributed by atoms with E-state index in [-0.39, 0.29) is 17.0 Å². The van der Waals surface area contributed by atoms with Crippen LogP contribution in [0.15, 0.2) is 44.8 Å². The van der Waals surface area contributed by atoms with Gasteiger partial charge in [0, 0.05) is 29.2 Å². The summed E-state index contributed by atoms with van der Waals surface area (Å²) in [5.41, 5.74) is 0.245. The maximum absolute atomic E-state index is 12.0. The van der Waals surface area contributed by atoms with Crippen molar-refractivity contribution in [2.75, 3.05) is 7.05 Å². The smallest absolute Gasteiger partial charge is 0.331 e. The number of barbiturate groups is 1. The number of hydrogen-bond acceptors (Lipinski definition) is 6. The Morgan fingerprint density at radius 2 is 1.96 bits per heavy atom. The number of halogens is 1. The van der Waals surface area contributed by atoms with E-state index < -0.39 is 22.8 Å². The lowest BCUT2D eigenvalue weighted by Crippen LogP contribution is -2.52. The summed E-state index contributed by atoms with van der Waals surface area (Å²) in [7, 11) is 1.25.